The first kappa shape index (κ1) is 22.4. The van der Waals surface area contributed by atoms with Gasteiger partial charge in [0.05, 0.1) is 4.90 Å². The molecule has 3 aromatic carbocycles. The molecule has 5 nitrogen and oxygen atoms in total. The standard InChI is InChI=1S/C26H28N2O3S/c29-18-15-24-13-7-8-14-26(24)32(30,31)28-17-16-27(20-23-11-5-2-6-12-23)21-25(28)19-22-9-3-1-4-10-22/h1-14,18,25H,15-17,19-21H2/t25-/m1/s1. The summed E-state index contributed by atoms with van der Waals surface area (Å²) in [5.41, 5.74) is 2.88. The minimum Gasteiger partial charge on any atom is -0.303 e. The Hall–Kier alpha value is -2.80. The molecule has 3 aromatic rings. The van der Waals surface area contributed by atoms with Crippen LogP contribution in [0.4, 0.5) is 0 Å². The van der Waals surface area contributed by atoms with Gasteiger partial charge in [-0.25, -0.2) is 8.42 Å². The van der Waals surface area contributed by atoms with Crippen LogP contribution < -0.4 is 0 Å². The minimum absolute atomic E-state index is 0.0900. The number of benzene rings is 3. The average Bonchev–Trinajstić information content (AvgIpc) is 2.81. The van der Waals surface area contributed by atoms with Crippen molar-refractivity contribution in [2.24, 2.45) is 0 Å². The van der Waals surface area contributed by atoms with Gasteiger partial charge < -0.3 is 4.79 Å². The van der Waals surface area contributed by atoms with Crippen LogP contribution in [0.5, 0.6) is 0 Å². The van der Waals surface area contributed by atoms with Gasteiger partial charge >= 0.3 is 0 Å². The van der Waals surface area contributed by atoms with Crippen molar-refractivity contribution in [1.82, 2.24) is 9.21 Å². The molecule has 0 saturated carbocycles. The van der Waals surface area contributed by atoms with Crippen molar-refractivity contribution in [3.05, 3.63) is 102 Å². The van der Waals surface area contributed by atoms with Crippen LogP contribution in [0.1, 0.15) is 16.7 Å². The van der Waals surface area contributed by atoms with Gasteiger partial charge in [0.25, 0.3) is 0 Å². The van der Waals surface area contributed by atoms with Crippen LogP contribution in [-0.2, 0) is 34.2 Å². The van der Waals surface area contributed by atoms with E-state index in [1.807, 2.05) is 48.5 Å². The molecule has 1 fully saturated rings. The molecule has 0 aromatic heterocycles. The van der Waals surface area contributed by atoms with Crippen LogP contribution in [0, 0.1) is 0 Å². The fourth-order valence-electron chi connectivity index (χ4n) is 4.40. The zero-order valence-corrected chi connectivity index (χ0v) is 18.8. The maximum absolute atomic E-state index is 13.7. The maximum Gasteiger partial charge on any atom is 0.243 e. The molecule has 32 heavy (non-hydrogen) atoms. The zero-order chi connectivity index (χ0) is 22.4. The van der Waals surface area contributed by atoms with E-state index < -0.39 is 10.0 Å². The third-order valence-corrected chi connectivity index (χ3v) is 7.99. The molecule has 1 heterocycles. The van der Waals surface area contributed by atoms with Crippen molar-refractivity contribution in [3.8, 4) is 0 Å². The zero-order valence-electron chi connectivity index (χ0n) is 18.0. The van der Waals surface area contributed by atoms with Gasteiger partial charge in [0.2, 0.25) is 10.0 Å². The average molecular weight is 449 g/mol. The molecule has 0 N–H and O–H groups in total. The summed E-state index contributed by atoms with van der Waals surface area (Å²) in [5.74, 6) is 0. The maximum atomic E-state index is 13.7. The van der Waals surface area contributed by atoms with Crippen molar-refractivity contribution in [3.63, 3.8) is 0 Å². The first-order valence-electron chi connectivity index (χ1n) is 10.9. The second-order valence-corrected chi connectivity index (χ2v) is 10.0. The molecule has 1 aliphatic heterocycles. The number of hydrogen-bond acceptors (Lipinski definition) is 4. The molecule has 4 rings (SSSR count). The number of nitrogens with zero attached hydrogens (tertiary/aromatic N) is 2. The van der Waals surface area contributed by atoms with E-state index in [1.54, 1.807) is 28.6 Å². The van der Waals surface area contributed by atoms with Gasteiger partial charge in [-0.05, 0) is 29.2 Å². The smallest absolute Gasteiger partial charge is 0.243 e. The molecule has 0 aliphatic carbocycles. The number of sulfonamides is 1. The van der Waals surface area contributed by atoms with E-state index in [0.29, 0.717) is 31.6 Å². The molecule has 0 unspecified atom stereocenters. The lowest BCUT2D eigenvalue weighted by Gasteiger charge is -2.41. The van der Waals surface area contributed by atoms with Gasteiger partial charge in [-0.1, -0.05) is 78.9 Å². The highest BCUT2D eigenvalue weighted by molar-refractivity contribution is 7.89. The van der Waals surface area contributed by atoms with E-state index in [-0.39, 0.29) is 17.4 Å². The Balaban J connectivity index is 1.63. The summed E-state index contributed by atoms with van der Waals surface area (Å²) >= 11 is 0. The Bertz CT molecular complexity index is 1130. The highest BCUT2D eigenvalue weighted by Crippen LogP contribution is 2.27. The van der Waals surface area contributed by atoms with E-state index in [0.717, 1.165) is 18.4 Å². The molecule has 0 radical (unpaired) electrons. The number of piperazine rings is 1. The summed E-state index contributed by atoms with van der Waals surface area (Å²) in [6.07, 6.45) is 1.49. The normalized spacial score (nSPS) is 17.8. The summed E-state index contributed by atoms with van der Waals surface area (Å²) < 4.78 is 29.1. The van der Waals surface area contributed by atoms with Gasteiger partial charge in [-0.2, -0.15) is 4.31 Å². The molecule has 1 saturated heterocycles. The molecule has 166 valence electrons. The quantitative estimate of drug-likeness (QED) is 0.495. The van der Waals surface area contributed by atoms with Gasteiger partial charge in [-0.3, -0.25) is 4.90 Å². The summed E-state index contributed by atoms with van der Waals surface area (Å²) in [6.45, 7) is 2.53. The van der Waals surface area contributed by atoms with Crippen molar-refractivity contribution in [2.45, 2.75) is 30.3 Å². The fourth-order valence-corrected chi connectivity index (χ4v) is 6.24. The lowest BCUT2D eigenvalue weighted by molar-refractivity contribution is -0.107. The third kappa shape index (κ3) is 5.15. The van der Waals surface area contributed by atoms with Crippen molar-refractivity contribution in [2.75, 3.05) is 19.6 Å². The monoisotopic (exact) mass is 448 g/mol. The van der Waals surface area contributed by atoms with Gasteiger partial charge in [0.15, 0.2) is 0 Å². The van der Waals surface area contributed by atoms with E-state index in [2.05, 4.69) is 17.0 Å². The van der Waals surface area contributed by atoms with Crippen LogP contribution >= 0.6 is 0 Å². The Labute approximate surface area is 190 Å². The SMILES string of the molecule is O=CCc1ccccc1S(=O)(=O)N1CCN(Cc2ccccc2)C[C@H]1Cc1ccccc1. The number of rotatable bonds is 8. The van der Waals surface area contributed by atoms with Crippen molar-refractivity contribution >= 4 is 16.3 Å². The van der Waals surface area contributed by atoms with Crippen molar-refractivity contribution < 1.29 is 13.2 Å². The molecule has 0 amide bonds. The Kier molecular flexibility index (Phi) is 7.15. The van der Waals surface area contributed by atoms with Gasteiger partial charge in [0, 0.05) is 38.6 Å². The predicted octanol–water partition coefficient (Wildman–Crippen LogP) is 3.55. The van der Waals surface area contributed by atoms with Crippen LogP contribution in [0.25, 0.3) is 0 Å². The van der Waals surface area contributed by atoms with Crippen LogP contribution in [0.15, 0.2) is 89.8 Å². The first-order chi connectivity index (χ1) is 15.6. The number of carbonyl (C=O) groups is 1. The molecule has 0 spiro atoms. The molecule has 0 bridgehead atoms. The van der Waals surface area contributed by atoms with Crippen LogP contribution in [0.2, 0.25) is 0 Å². The van der Waals surface area contributed by atoms with E-state index in [9.17, 15) is 13.2 Å². The molecular formula is C26H28N2O3S. The van der Waals surface area contributed by atoms with E-state index in [1.165, 1.54) is 5.56 Å². The number of aldehydes is 1. The fraction of sp³-hybridized carbons (Fsp3) is 0.269. The van der Waals surface area contributed by atoms with Crippen molar-refractivity contribution in [1.29, 1.82) is 0 Å². The van der Waals surface area contributed by atoms with Gasteiger partial charge in [-0.15, -0.1) is 0 Å². The Morgan fingerprint density at radius 1 is 0.812 bits per heavy atom. The molecule has 6 heteroatoms. The topological polar surface area (TPSA) is 57.7 Å². The van der Waals surface area contributed by atoms with Gasteiger partial charge in [0.1, 0.15) is 6.29 Å². The predicted molar refractivity (Wildman–Crippen MR) is 126 cm³/mol. The molecular weight excluding hydrogens is 420 g/mol. The molecule has 1 atom stereocenters. The number of hydrogen-bond donors (Lipinski definition) is 0. The van der Waals surface area contributed by atoms with Crippen LogP contribution in [0.3, 0.4) is 0 Å². The first-order valence-corrected chi connectivity index (χ1v) is 12.4. The van der Waals surface area contributed by atoms with Crippen LogP contribution in [-0.4, -0.2) is 49.6 Å². The van der Waals surface area contributed by atoms with E-state index in [4.69, 9.17) is 0 Å². The molecule has 1 aliphatic rings. The summed E-state index contributed by atoms with van der Waals surface area (Å²) in [6, 6.07) is 26.9. The number of carbonyl (C=O) groups excluding carboxylic acids is 1. The summed E-state index contributed by atoms with van der Waals surface area (Å²) in [7, 11) is -3.73. The second kappa shape index (κ2) is 10.2. The second-order valence-electron chi connectivity index (χ2n) is 8.16. The lowest BCUT2D eigenvalue weighted by atomic mass is 10.0. The highest BCUT2D eigenvalue weighted by atomic mass is 32.2. The minimum atomic E-state index is -3.73. The Morgan fingerprint density at radius 3 is 2.12 bits per heavy atom. The summed E-state index contributed by atoms with van der Waals surface area (Å²) in [5, 5.41) is 0. The largest absolute Gasteiger partial charge is 0.303 e. The highest BCUT2D eigenvalue weighted by Gasteiger charge is 2.37. The summed E-state index contributed by atoms with van der Waals surface area (Å²) in [4.78, 5) is 13.7. The third-order valence-electron chi connectivity index (χ3n) is 5.94. The van der Waals surface area contributed by atoms with E-state index >= 15 is 0 Å². The lowest BCUT2D eigenvalue weighted by Crippen LogP contribution is -2.55. The Morgan fingerprint density at radius 2 is 1.44 bits per heavy atom.